The van der Waals surface area contributed by atoms with Crippen molar-refractivity contribution in [1.29, 1.82) is 0 Å². The van der Waals surface area contributed by atoms with Gasteiger partial charge in [0.2, 0.25) is 6.41 Å². The quantitative estimate of drug-likeness (QED) is 0.169. The van der Waals surface area contributed by atoms with Crippen LogP contribution in [-0.4, -0.2) is 41.6 Å². The van der Waals surface area contributed by atoms with Gasteiger partial charge < -0.3 is 9.84 Å². The maximum Gasteiger partial charge on any atom is 0.303 e. The maximum atomic E-state index is 14.5. The predicted octanol–water partition coefficient (Wildman–Crippen LogP) is 3.89. The van der Waals surface area contributed by atoms with Gasteiger partial charge in [0.1, 0.15) is 18.2 Å². The fourth-order valence-electron chi connectivity index (χ4n) is 4.06. The molecule has 1 amide bonds. The van der Waals surface area contributed by atoms with Crippen molar-refractivity contribution in [1.82, 2.24) is 15.4 Å². The van der Waals surface area contributed by atoms with Gasteiger partial charge in [-0.25, -0.2) is 23.2 Å². The van der Waals surface area contributed by atoms with E-state index in [1.165, 1.54) is 54.9 Å². The number of carboxylic acid groups (broad SMARTS) is 1. The molecule has 2 aromatic carbocycles. The largest absolute Gasteiger partial charge is 0.489 e. The van der Waals surface area contributed by atoms with E-state index in [2.05, 4.69) is 15.4 Å². The molecular weight excluding hydrogens is 551 g/mol. The van der Waals surface area contributed by atoms with Crippen LogP contribution in [0.5, 0.6) is 5.75 Å². The second kappa shape index (κ2) is 13.6. The fraction of sp³-hybridized carbons (Fsp3) is 0.172. The van der Waals surface area contributed by atoms with Crippen molar-refractivity contribution in [2.75, 3.05) is 10.8 Å². The SMILES string of the molecule is O=CN(NCc1cccnc1)c1cc(COc2ccc(S(=O)(=O)CC(CC(=O)O)c3cccnc3)cc2)ccc1F. The van der Waals surface area contributed by atoms with E-state index in [4.69, 9.17) is 4.74 Å². The van der Waals surface area contributed by atoms with Crippen molar-refractivity contribution in [2.24, 2.45) is 0 Å². The number of nitrogens with zero attached hydrogens (tertiary/aromatic N) is 3. The third kappa shape index (κ3) is 8.16. The number of halogens is 1. The second-order valence-corrected chi connectivity index (χ2v) is 11.1. The van der Waals surface area contributed by atoms with Crippen LogP contribution >= 0.6 is 0 Å². The number of benzene rings is 2. The van der Waals surface area contributed by atoms with Crippen LogP contribution in [0.4, 0.5) is 10.1 Å². The van der Waals surface area contributed by atoms with Crippen molar-refractivity contribution in [3.05, 3.63) is 114 Å². The number of hydrogen-bond acceptors (Lipinski definition) is 8. The van der Waals surface area contributed by atoms with E-state index in [1.54, 1.807) is 30.6 Å². The van der Waals surface area contributed by atoms with Crippen molar-refractivity contribution in [2.45, 2.75) is 30.4 Å². The van der Waals surface area contributed by atoms with Gasteiger partial charge in [-0.1, -0.05) is 18.2 Å². The Morgan fingerprint density at radius 1 is 1.02 bits per heavy atom. The van der Waals surface area contributed by atoms with Crippen LogP contribution in [0.25, 0.3) is 0 Å². The number of ether oxygens (including phenoxy) is 1. The van der Waals surface area contributed by atoms with E-state index >= 15 is 0 Å². The smallest absolute Gasteiger partial charge is 0.303 e. The Kier molecular flexibility index (Phi) is 9.72. The van der Waals surface area contributed by atoms with E-state index in [9.17, 15) is 27.5 Å². The number of hydrogen-bond donors (Lipinski definition) is 2. The molecule has 0 saturated carbocycles. The number of anilines is 1. The van der Waals surface area contributed by atoms with Crippen molar-refractivity contribution in [3.63, 3.8) is 0 Å². The Morgan fingerprint density at radius 2 is 1.76 bits per heavy atom. The molecule has 2 N–H and O–H groups in total. The highest BCUT2D eigenvalue weighted by molar-refractivity contribution is 7.91. The lowest BCUT2D eigenvalue weighted by Gasteiger charge is -2.20. The molecule has 4 rings (SSSR count). The number of nitrogens with one attached hydrogen (secondary N) is 1. The van der Waals surface area contributed by atoms with Crippen LogP contribution in [-0.2, 0) is 32.6 Å². The van der Waals surface area contributed by atoms with Crippen molar-refractivity contribution in [3.8, 4) is 5.75 Å². The van der Waals surface area contributed by atoms with Gasteiger partial charge >= 0.3 is 5.97 Å². The zero-order valence-electron chi connectivity index (χ0n) is 21.8. The number of sulfone groups is 1. The maximum absolute atomic E-state index is 14.5. The topological polar surface area (TPSA) is 139 Å². The van der Waals surface area contributed by atoms with E-state index in [1.807, 2.05) is 6.07 Å². The van der Waals surface area contributed by atoms with Gasteiger partial charge in [-0.15, -0.1) is 0 Å². The number of rotatable bonds is 14. The number of aliphatic carboxylic acids is 1. The van der Waals surface area contributed by atoms with E-state index < -0.39 is 33.3 Å². The molecule has 0 aliphatic carbocycles. The molecule has 2 heterocycles. The second-order valence-electron chi connectivity index (χ2n) is 9.08. The number of pyridine rings is 2. The highest BCUT2D eigenvalue weighted by atomic mass is 32.2. The molecule has 212 valence electrons. The lowest BCUT2D eigenvalue weighted by molar-refractivity contribution is -0.137. The summed E-state index contributed by atoms with van der Waals surface area (Å²) < 4.78 is 46.4. The summed E-state index contributed by atoms with van der Waals surface area (Å²) in [6.45, 7) is 0.275. The van der Waals surface area contributed by atoms with E-state index in [-0.39, 0.29) is 30.2 Å². The first kappa shape index (κ1) is 29.3. The number of carbonyl (C=O) groups excluding carboxylic acids is 1. The summed E-state index contributed by atoms with van der Waals surface area (Å²) in [5.74, 6) is -2.51. The number of aromatic nitrogens is 2. The van der Waals surface area contributed by atoms with Gasteiger partial charge in [-0.05, 0) is 65.2 Å². The first-order valence-electron chi connectivity index (χ1n) is 12.5. The molecule has 0 radical (unpaired) electrons. The Labute approximate surface area is 236 Å². The molecule has 12 heteroatoms. The minimum atomic E-state index is -3.82. The first-order valence-corrected chi connectivity index (χ1v) is 14.1. The average molecular weight is 579 g/mol. The molecule has 0 spiro atoms. The molecule has 0 bridgehead atoms. The highest BCUT2D eigenvalue weighted by Gasteiger charge is 2.25. The third-order valence-electron chi connectivity index (χ3n) is 6.14. The molecule has 4 aromatic rings. The molecule has 0 aliphatic rings. The average Bonchev–Trinajstić information content (AvgIpc) is 2.98. The van der Waals surface area contributed by atoms with Crippen LogP contribution in [0.1, 0.15) is 29.0 Å². The molecule has 0 fully saturated rings. The summed E-state index contributed by atoms with van der Waals surface area (Å²) in [5, 5.41) is 10.3. The molecule has 10 nitrogen and oxygen atoms in total. The van der Waals surface area contributed by atoms with Gasteiger partial charge in [-0.2, -0.15) is 0 Å². The standard InChI is InChI=1S/C29H27FN4O6S/c30-27-10-5-21(13-28(27)34(20-35)33-16-22-3-1-11-31-15-22)18-40-25-6-8-26(9-7-25)41(38,39)19-24(14-29(36)37)23-4-2-12-32-17-23/h1-13,15,17,20,24,33H,14,16,18-19H2,(H,36,37). The van der Waals surface area contributed by atoms with Crippen LogP contribution < -0.4 is 15.2 Å². The Balaban J connectivity index is 1.41. The number of carbonyl (C=O) groups is 2. The molecule has 2 aromatic heterocycles. The van der Waals surface area contributed by atoms with Crippen LogP contribution in [0.3, 0.4) is 0 Å². The normalized spacial score (nSPS) is 11.9. The Hall–Kier alpha value is -4.68. The minimum absolute atomic E-state index is 0.0102. The number of amides is 1. The first-order chi connectivity index (χ1) is 19.7. The summed E-state index contributed by atoms with van der Waals surface area (Å²) in [6.07, 6.45) is 6.35. The molecular formula is C29H27FN4O6S. The van der Waals surface area contributed by atoms with Gasteiger partial charge in [0.25, 0.3) is 0 Å². The fourth-order valence-corrected chi connectivity index (χ4v) is 5.65. The third-order valence-corrected chi connectivity index (χ3v) is 7.97. The summed E-state index contributed by atoms with van der Waals surface area (Å²) in [7, 11) is -3.82. The Morgan fingerprint density at radius 3 is 2.39 bits per heavy atom. The summed E-state index contributed by atoms with van der Waals surface area (Å²) in [5.41, 5.74) is 4.76. The van der Waals surface area contributed by atoms with Gasteiger partial charge in [0.15, 0.2) is 9.84 Å². The van der Waals surface area contributed by atoms with E-state index in [0.717, 1.165) is 10.6 Å². The van der Waals surface area contributed by atoms with Gasteiger partial charge in [0, 0.05) is 37.3 Å². The highest BCUT2D eigenvalue weighted by Crippen LogP contribution is 2.26. The van der Waals surface area contributed by atoms with E-state index in [0.29, 0.717) is 23.3 Å². The van der Waals surface area contributed by atoms with Crippen LogP contribution in [0.2, 0.25) is 0 Å². The van der Waals surface area contributed by atoms with Crippen LogP contribution in [0, 0.1) is 5.82 Å². The molecule has 0 aliphatic heterocycles. The number of hydrazine groups is 1. The number of carboxylic acids is 1. The lowest BCUT2D eigenvalue weighted by atomic mass is 10.00. The Bertz CT molecular complexity index is 1570. The molecule has 1 unspecified atom stereocenters. The lowest BCUT2D eigenvalue weighted by Crippen LogP contribution is -2.37. The summed E-state index contributed by atoms with van der Waals surface area (Å²) in [4.78, 5) is 31.0. The molecule has 1 atom stereocenters. The molecule has 41 heavy (non-hydrogen) atoms. The van der Waals surface area contributed by atoms with Crippen LogP contribution in [0.15, 0.2) is 96.4 Å². The predicted molar refractivity (Wildman–Crippen MR) is 148 cm³/mol. The zero-order valence-corrected chi connectivity index (χ0v) is 22.6. The zero-order chi connectivity index (χ0) is 29.2. The van der Waals surface area contributed by atoms with Gasteiger partial charge in [0.05, 0.1) is 22.8 Å². The minimum Gasteiger partial charge on any atom is -0.489 e. The summed E-state index contributed by atoms with van der Waals surface area (Å²) >= 11 is 0. The molecule has 0 saturated heterocycles. The van der Waals surface area contributed by atoms with Crippen molar-refractivity contribution >= 4 is 27.9 Å². The van der Waals surface area contributed by atoms with Crippen molar-refractivity contribution < 1.29 is 32.2 Å². The van der Waals surface area contributed by atoms with Gasteiger partial charge in [-0.3, -0.25) is 19.6 Å². The summed E-state index contributed by atoms with van der Waals surface area (Å²) in [6, 6.07) is 16.8. The monoisotopic (exact) mass is 578 g/mol.